The van der Waals surface area contributed by atoms with Crippen LogP contribution >= 0.6 is 0 Å². The van der Waals surface area contributed by atoms with Gasteiger partial charge in [0, 0.05) is 18.7 Å². The van der Waals surface area contributed by atoms with E-state index in [1.54, 1.807) is 37.3 Å². The quantitative estimate of drug-likeness (QED) is 0.640. The zero-order valence-corrected chi connectivity index (χ0v) is 18.2. The topological polar surface area (TPSA) is 123 Å². The normalized spacial score (nSPS) is 18.6. The summed E-state index contributed by atoms with van der Waals surface area (Å²) in [4.78, 5) is 25.1. The maximum atomic E-state index is 12.9. The van der Waals surface area contributed by atoms with Crippen molar-refractivity contribution < 1.29 is 32.2 Å². The van der Waals surface area contributed by atoms with Crippen molar-refractivity contribution in [1.29, 1.82) is 0 Å². The highest BCUT2D eigenvalue weighted by Crippen LogP contribution is 2.30. The number of hydrazine groups is 1. The Bertz CT molecular complexity index is 1130. The third-order valence-corrected chi connectivity index (χ3v) is 7.06. The number of benzene rings is 2. The molecule has 11 heteroatoms. The highest BCUT2D eigenvalue weighted by molar-refractivity contribution is 7.89. The number of hydrogen-bond acceptors (Lipinski definition) is 7. The average molecular weight is 461 g/mol. The highest BCUT2D eigenvalue weighted by Gasteiger charge is 2.29. The Kier molecular flexibility index (Phi) is 6.31. The smallest absolute Gasteiger partial charge is 0.283 e. The predicted octanol–water partition coefficient (Wildman–Crippen LogP) is 0.617. The van der Waals surface area contributed by atoms with Crippen LogP contribution in [0.2, 0.25) is 0 Å². The van der Waals surface area contributed by atoms with Gasteiger partial charge in [-0.2, -0.15) is 4.31 Å². The molecule has 0 aromatic heterocycles. The molecule has 0 aliphatic carbocycles. The van der Waals surface area contributed by atoms with Gasteiger partial charge in [0.25, 0.3) is 11.8 Å². The number of hydrogen-bond donors (Lipinski definition) is 2. The van der Waals surface area contributed by atoms with Gasteiger partial charge in [0.2, 0.25) is 16.1 Å². The van der Waals surface area contributed by atoms with E-state index in [-0.39, 0.29) is 30.2 Å². The fourth-order valence-electron chi connectivity index (χ4n) is 3.36. The molecule has 0 saturated carbocycles. The van der Waals surface area contributed by atoms with Gasteiger partial charge in [-0.25, -0.2) is 8.42 Å². The SMILES string of the molecule is Cc1ccc(S(=O)(=O)N2CCOCC2)cc1C(=O)NNC(=O)[C@@H]1COc2ccccc2O1. The Labute approximate surface area is 185 Å². The minimum Gasteiger partial charge on any atom is -0.485 e. The molecule has 32 heavy (non-hydrogen) atoms. The average Bonchev–Trinajstić information content (AvgIpc) is 2.82. The van der Waals surface area contributed by atoms with E-state index in [1.807, 2.05) is 0 Å². The maximum Gasteiger partial charge on any atom is 0.283 e. The van der Waals surface area contributed by atoms with Crippen molar-refractivity contribution in [1.82, 2.24) is 15.2 Å². The largest absolute Gasteiger partial charge is 0.485 e. The van der Waals surface area contributed by atoms with Crippen LogP contribution in [-0.4, -0.2) is 63.6 Å². The van der Waals surface area contributed by atoms with Crippen molar-refractivity contribution in [2.24, 2.45) is 0 Å². The minimum absolute atomic E-state index is 0.00194. The zero-order valence-electron chi connectivity index (χ0n) is 17.4. The fourth-order valence-corrected chi connectivity index (χ4v) is 4.79. The second kappa shape index (κ2) is 9.15. The van der Waals surface area contributed by atoms with E-state index in [0.29, 0.717) is 30.3 Å². The number of para-hydroxylation sites is 2. The van der Waals surface area contributed by atoms with Crippen LogP contribution in [0.25, 0.3) is 0 Å². The Morgan fingerprint density at radius 3 is 2.50 bits per heavy atom. The summed E-state index contributed by atoms with van der Waals surface area (Å²) in [5.74, 6) is -0.272. The summed E-state index contributed by atoms with van der Waals surface area (Å²) in [6, 6.07) is 11.3. The molecule has 0 radical (unpaired) electrons. The van der Waals surface area contributed by atoms with Crippen LogP contribution in [0.1, 0.15) is 15.9 Å². The van der Waals surface area contributed by atoms with Crippen molar-refractivity contribution >= 4 is 21.8 Å². The molecular weight excluding hydrogens is 438 g/mol. The van der Waals surface area contributed by atoms with Crippen LogP contribution in [0.5, 0.6) is 11.5 Å². The van der Waals surface area contributed by atoms with E-state index in [9.17, 15) is 18.0 Å². The van der Waals surface area contributed by atoms with E-state index < -0.39 is 27.9 Å². The van der Waals surface area contributed by atoms with Crippen molar-refractivity contribution in [3.05, 3.63) is 53.6 Å². The molecule has 4 rings (SSSR count). The molecule has 1 atom stereocenters. The molecule has 2 aromatic rings. The first-order chi connectivity index (χ1) is 15.4. The van der Waals surface area contributed by atoms with Gasteiger partial charge in [0.15, 0.2) is 11.5 Å². The molecule has 10 nitrogen and oxygen atoms in total. The molecule has 2 amide bonds. The van der Waals surface area contributed by atoms with Gasteiger partial charge in [-0.15, -0.1) is 0 Å². The number of ether oxygens (including phenoxy) is 3. The van der Waals surface area contributed by atoms with Gasteiger partial charge in [-0.3, -0.25) is 20.4 Å². The van der Waals surface area contributed by atoms with Crippen LogP contribution in [0.15, 0.2) is 47.4 Å². The molecule has 170 valence electrons. The summed E-state index contributed by atoms with van der Waals surface area (Å²) in [5.41, 5.74) is 5.32. The van der Waals surface area contributed by atoms with Crippen LogP contribution in [0.4, 0.5) is 0 Å². The second-order valence-electron chi connectivity index (χ2n) is 7.30. The van der Waals surface area contributed by atoms with Crippen LogP contribution < -0.4 is 20.3 Å². The molecule has 1 saturated heterocycles. The van der Waals surface area contributed by atoms with Crippen LogP contribution in [0, 0.1) is 6.92 Å². The number of nitrogens with one attached hydrogen (secondary N) is 2. The summed E-state index contributed by atoms with van der Waals surface area (Å²) >= 11 is 0. The summed E-state index contributed by atoms with van der Waals surface area (Å²) in [6.07, 6.45) is -0.945. The lowest BCUT2D eigenvalue weighted by Gasteiger charge is -2.26. The third kappa shape index (κ3) is 4.54. The second-order valence-corrected chi connectivity index (χ2v) is 9.24. The van der Waals surface area contributed by atoms with E-state index >= 15 is 0 Å². The number of morpholine rings is 1. The Morgan fingerprint density at radius 1 is 1.03 bits per heavy atom. The molecule has 0 unspecified atom stereocenters. The number of amides is 2. The summed E-state index contributed by atoms with van der Waals surface area (Å²) in [7, 11) is -3.76. The number of carbonyl (C=O) groups excluding carboxylic acids is 2. The summed E-state index contributed by atoms with van der Waals surface area (Å²) in [6.45, 7) is 2.81. The van der Waals surface area contributed by atoms with Gasteiger partial charge in [-0.05, 0) is 36.8 Å². The van der Waals surface area contributed by atoms with Gasteiger partial charge in [-0.1, -0.05) is 18.2 Å². The van der Waals surface area contributed by atoms with E-state index in [1.165, 1.54) is 16.4 Å². The molecule has 2 aromatic carbocycles. The van der Waals surface area contributed by atoms with E-state index in [4.69, 9.17) is 14.2 Å². The number of aryl methyl sites for hydroxylation is 1. The molecule has 2 aliphatic rings. The number of sulfonamides is 1. The van der Waals surface area contributed by atoms with Crippen LogP contribution in [-0.2, 0) is 19.6 Å². The number of carbonyl (C=O) groups is 2. The standard InChI is InChI=1S/C21H23N3O7S/c1-14-6-7-15(32(27,28)24-8-10-29-11-9-24)12-16(14)20(25)22-23-21(26)19-13-30-17-4-2-3-5-18(17)31-19/h2-7,12,19H,8-11,13H2,1H3,(H,22,25)(H,23,26)/t19-/m0/s1. The maximum absolute atomic E-state index is 12.9. The van der Waals surface area contributed by atoms with Crippen molar-refractivity contribution in [3.63, 3.8) is 0 Å². The fraction of sp³-hybridized carbons (Fsp3) is 0.333. The van der Waals surface area contributed by atoms with E-state index in [0.717, 1.165) is 0 Å². The summed E-state index contributed by atoms with van der Waals surface area (Å²) in [5, 5.41) is 0. The lowest BCUT2D eigenvalue weighted by atomic mass is 10.1. The molecule has 2 N–H and O–H groups in total. The molecule has 2 heterocycles. The van der Waals surface area contributed by atoms with Crippen LogP contribution in [0.3, 0.4) is 0 Å². The van der Waals surface area contributed by atoms with Gasteiger partial charge < -0.3 is 14.2 Å². The van der Waals surface area contributed by atoms with Crippen molar-refractivity contribution in [2.45, 2.75) is 17.9 Å². The number of fused-ring (bicyclic) bond motifs is 1. The molecule has 0 bridgehead atoms. The summed E-state index contributed by atoms with van der Waals surface area (Å²) < 4.78 is 43.4. The first kappa shape index (κ1) is 22.1. The lowest BCUT2D eigenvalue weighted by molar-refractivity contribution is -0.131. The Hall–Kier alpha value is -3.15. The predicted molar refractivity (Wildman–Crippen MR) is 113 cm³/mol. The molecule has 1 fully saturated rings. The number of nitrogens with zero attached hydrogens (tertiary/aromatic N) is 1. The van der Waals surface area contributed by atoms with Gasteiger partial charge >= 0.3 is 0 Å². The first-order valence-corrected chi connectivity index (χ1v) is 11.5. The lowest BCUT2D eigenvalue weighted by Crippen LogP contribution is -2.51. The van der Waals surface area contributed by atoms with Crippen molar-refractivity contribution in [3.8, 4) is 11.5 Å². The van der Waals surface area contributed by atoms with Crippen molar-refractivity contribution in [2.75, 3.05) is 32.9 Å². The van der Waals surface area contributed by atoms with Gasteiger partial charge in [0.1, 0.15) is 6.61 Å². The zero-order chi connectivity index (χ0) is 22.7. The minimum atomic E-state index is -3.76. The number of rotatable bonds is 4. The third-order valence-electron chi connectivity index (χ3n) is 5.16. The molecular formula is C21H23N3O7S. The monoisotopic (exact) mass is 461 g/mol. The highest BCUT2D eigenvalue weighted by atomic mass is 32.2. The van der Waals surface area contributed by atoms with E-state index in [2.05, 4.69) is 10.9 Å². The molecule has 2 aliphatic heterocycles. The van der Waals surface area contributed by atoms with Gasteiger partial charge in [0.05, 0.1) is 18.1 Å². The Morgan fingerprint density at radius 2 is 1.75 bits per heavy atom. The first-order valence-electron chi connectivity index (χ1n) is 10.0. The molecule has 0 spiro atoms. The Balaban J connectivity index is 1.42.